The maximum atomic E-state index is 11.6. The van der Waals surface area contributed by atoms with Crippen molar-refractivity contribution in [2.45, 2.75) is 38.5 Å². The van der Waals surface area contributed by atoms with Gasteiger partial charge in [0, 0.05) is 18.8 Å². The lowest BCUT2D eigenvalue weighted by Crippen LogP contribution is -2.29. The monoisotopic (exact) mass is 209 g/mol. The van der Waals surface area contributed by atoms with Gasteiger partial charge in [-0.3, -0.25) is 0 Å². The van der Waals surface area contributed by atoms with Crippen LogP contribution in [0.25, 0.3) is 0 Å². The smallest absolute Gasteiger partial charge is 0.335 e. The zero-order chi connectivity index (χ0) is 10.7. The molecule has 0 aromatic carbocycles. The van der Waals surface area contributed by atoms with Crippen molar-refractivity contribution in [2.24, 2.45) is 0 Å². The first-order chi connectivity index (χ1) is 7.33. The van der Waals surface area contributed by atoms with E-state index in [0.717, 1.165) is 37.9 Å². The normalized spacial score (nSPS) is 22.1. The highest BCUT2D eigenvalue weighted by atomic mass is 16.5. The molecule has 84 valence electrons. The molecule has 0 saturated carbocycles. The SMILES string of the molecule is COC(=O)C1=C(N2CCCCC2)CCC1. The molecular formula is C12H19NO2. The van der Waals surface area contributed by atoms with Crippen LogP contribution in [0.1, 0.15) is 38.5 Å². The summed E-state index contributed by atoms with van der Waals surface area (Å²) in [4.78, 5) is 14.0. The van der Waals surface area contributed by atoms with Crippen molar-refractivity contribution >= 4 is 5.97 Å². The Bertz CT molecular complexity index is 277. The lowest BCUT2D eigenvalue weighted by atomic mass is 10.1. The van der Waals surface area contributed by atoms with Crippen LogP contribution in [0.5, 0.6) is 0 Å². The minimum atomic E-state index is -0.118. The van der Waals surface area contributed by atoms with Crippen molar-refractivity contribution < 1.29 is 9.53 Å². The maximum Gasteiger partial charge on any atom is 0.335 e. The molecule has 0 aromatic heterocycles. The van der Waals surface area contributed by atoms with Gasteiger partial charge in [0.1, 0.15) is 0 Å². The second-order valence-electron chi connectivity index (χ2n) is 4.32. The standard InChI is InChI=1S/C12H19NO2/c1-15-12(14)10-6-5-7-11(10)13-8-3-2-4-9-13/h2-9H2,1H3. The third-order valence-electron chi connectivity index (χ3n) is 3.36. The summed E-state index contributed by atoms with van der Waals surface area (Å²) >= 11 is 0. The minimum absolute atomic E-state index is 0.118. The van der Waals surface area contributed by atoms with E-state index >= 15 is 0 Å². The molecule has 3 heteroatoms. The molecule has 0 radical (unpaired) electrons. The first kappa shape index (κ1) is 10.5. The first-order valence-electron chi connectivity index (χ1n) is 5.88. The molecule has 1 aliphatic carbocycles. The van der Waals surface area contributed by atoms with Gasteiger partial charge >= 0.3 is 5.97 Å². The summed E-state index contributed by atoms with van der Waals surface area (Å²) in [5, 5.41) is 0. The number of allylic oxidation sites excluding steroid dienone is 1. The second kappa shape index (κ2) is 4.69. The number of nitrogens with zero attached hydrogens (tertiary/aromatic N) is 1. The summed E-state index contributed by atoms with van der Waals surface area (Å²) in [6, 6.07) is 0. The molecule has 15 heavy (non-hydrogen) atoms. The molecule has 0 aromatic rings. The molecule has 1 fully saturated rings. The van der Waals surface area contributed by atoms with Gasteiger partial charge in [0.25, 0.3) is 0 Å². The molecule has 1 aliphatic heterocycles. The zero-order valence-electron chi connectivity index (χ0n) is 9.42. The van der Waals surface area contributed by atoms with Crippen LogP contribution in [0.15, 0.2) is 11.3 Å². The van der Waals surface area contributed by atoms with Crippen LogP contribution in [0.4, 0.5) is 0 Å². The Morgan fingerprint density at radius 3 is 2.53 bits per heavy atom. The summed E-state index contributed by atoms with van der Waals surface area (Å²) in [6.45, 7) is 2.24. The predicted octanol–water partition coefficient (Wildman–Crippen LogP) is 2.08. The van der Waals surface area contributed by atoms with Crippen molar-refractivity contribution in [1.29, 1.82) is 0 Å². The highest BCUT2D eigenvalue weighted by molar-refractivity contribution is 5.89. The summed E-state index contributed by atoms with van der Waals surface area (Å²) in [5.74, 6) is -0.118. The molecule has 0 bridgehead atoms. The molecule has 3 nitrogen and oxygen atoms in total. The van der Waals surface area contributed by atoms with Crippen LogP contribution in [0.2, 0.25) is 0 Å². The van der Waals surface area contributed by atoms with Crippen LogP contribution in [0.3, 0.4) is 0 Å². The van der Waals surface area contributed by atoms with Gasteiger partial charge in [-0.05, 0) is 38.5 Å². The van der Waals surface area contributed by atoms with Crippen molar-refractivity contribution in [3.63, 3.8) is 0 Å². The first-order valence-corrected chi connectivity index (χ1v) is 5.88. The topological polar surface area (TPSA) is 29.5 Å². The van der Waals surface area contributed by atoms with Gasteiger partial charge in [0.05, 0.1) is 12.7 Å². The molecule has 1 saturated heterocycles. The molecule has 0 spiro atoms. The second-order valence-corrected chi connectivity index (χ2v) is 4.32. The molecule has 0 N–H and O–H groups in total. The quantitative estimate of drug-likeness (QED) is 0.652. The van der Waals surface area contributed by atoms with Crippen LogP contribution in [-0.4, -0.2) is 31.1 Å². The van der Waals surface area contributed by atoms with Gasteiger partial charge < -0.3 is 9.64 Å². The van der Waals surface area contributed by atoms with Gasteiger partial charge in [-0.15, -0.1) is 0 Å². The summed E-state index contributed by atoms with van der Waals surface area (Å²) in [6.07, 6.45) is 6.92. The number of esters is 1. The van der Waals surface area contributed by atoms with Crippen molar-refractivity contribution in [1.82, 2.24) is 4.90 Å². The van der Waals surface area contributed by atoms with E-state index in [2.05, 4.69) is 4.90 Å². The van der Waals surface area contributed by atoms with Gasteiger partial charge in [-0.25, -0.2) is 4.79 Å². The number of rotatable bonds is 2. The Morgan fingerprint density at radius 1 is 1.13 bits per heavy atom. The van der Waals surface area contributed by atoms with E-state index in [0.29, 0.717) is 0 Å². The van der Waals surface area contributed by atoms with Crippen LogP contribution in [-0.2, 0) is 9.53 Å². The zero-order valence-corrected chi connectivity index (χ0v) is 9.42. The third-order valence-corrected chi connectivity index (χ3v) is 3.36. The van der Waals surface area contributed by atoms with Gasteiger partial charge in [0.15, 0.2) is 0 Å². The van der Waals surface area contributed by atoms with Crippen LogP contribution in [0, 0.1) is 0 Å². The molecule has 2 aliphatic rings. The molecule has 0 unspecified atom stereocenters. The molecule has 0 amide bonds. The average molecular weight is 209 g/mol. The Balaban J connectivity index is 2.13. The largest absolute Gasteiger partial charge is 0.466 e. The fraction of sp³-hybridized carbons (Fsp3) is 0.750. The predicted molar refractivity (Wildman–Crippen MR) is 58.3 cm³/mol. The maximum absolute atomic E-state index is 11.6. The number of likely N-dealkylation sites (tertiary alicyclic amines) is 1. The van der Waals surface area contributed by atoms with Gasteiger partial charge in [-0.2, -0.15) is 0 Å². The number of carbonyl (C=O) groups is 1. The lowest BCUT2D eigenvalue weighted by Gasteiger charge is -2.30. The molecule has 2 rings (SSSR count). The summed E-state index contributed by atoms with van der Waals surface area (Å²) < 4.78 is 4.83. The lowest BCUT2D eigenvalue weighted by molar-refractivity contribution is -0.136. The molecule has 0 atom stereocenters. The number of ether oxygens (including phenoxy) is 1. The number of carbonyl (C=O) groups excluding carboxylic acids is 1. The van der Waals surface area contributed by atoms with Crippen molar-refractivity contribution in [3.05, 3.63) is 11.3 Å². The van der Waals surface area contributed by atoms with Crippen LogP contribution >= 0.6 is 0 Å². The molecule has 1 heterocycles. The number of methoxy groups -OCH3 is 1. The Hall–Kier alpha value is -0.990. The van der Waals surface area contributed by atoms with Crippen molar-refractivity contribution in [2.75, 3.05) is 20.2 Å². The Kier molecular flexibility index (Phi) is 3.29. The number of piperidine rings is 1. The highest BCUT2D eigenvalue weighted by Gasteiger charge is 2.26. The van der Waals surface area contributed by atoms with E-state index in [9.17, 15) is 4.79 Å². The average Bonchev–Trinajstić information content (AvgIpc) is 2.78. The fourth-order valence-corrected chi connectivity index (χ4v) is 2.58. The fourth-order valence-electron chi connectivity index (χ4n) is 2.58. The highest BCUT2D eigenvalue weighted by Crippen LogP contribution is 2.31. The van der Waals surface area contributed by atoms with E-state index in [1.165, 1.54) is 32.1 Å². The van der Waals surface area contributed by atoms with E-state index in [4.69, 9.17) is 4.74 Å². The van der Waals surface area contributed by atoms with E-state index in [-0.39, 0.29) is 5.97 Å². The van der Waals surface area contributed by atoms with E-state index < -0.39 is 0 Å². The van der Waals surface area contributed by atoms with Gasteiger partial charge in [0.2, 0.25) is 0 Å². The summed E-state index contributed by atoms with van der Waals surface area (Å²) in [5.41, 5.74) is 2.20. The molecular weight excluding hydrogens is 190 g/mol. The van der Waals surface area contributed by atoms with E-state index in [1.807, 2.05) is 0 Å². The Morgan fingerprint density at radius 2 is 1.87 bits per heavy atom. The van der Waals surface area contributed by atoms with Crippen LogP contribution < -0.4 is 0 Å². The number of hydrogen-bond donors (Lipinski definition) is 0. The van der Waals surface area contributed by atoms with Crippen molar-refractivity contribution in [3.8, 4) is 0 Å². The Labute approximate surface area is 91.1 Å². The number of hydrogen-bond acceptors (Lipinski definition) is 3. The third kappa shape index (κ3) is 2.16. The van der Waals surface area contributed by atoms with Gasteiger partial charge in [-0.1, -0.05) is 0 Å². The summed E-state index contributed by atoms with van der Waals surface area (Å²) in [7, 11) is 1.47. The van der Waals surface area contributed by atoms with E-state index in [1.54, 1.807) is 0 Å². The minimum Gasteiger partial charge on any atom is -0.466 e.